The van der Waals surface area contributed by atoms with Gasteiger partial charge in [-0.1, -0.05) is 53.7 Å². The zero-order valence-corrected chi connectivity index (χ0v) is 18.3. The van der Waals surface area contributed by atoms with Crippen LogP contribution in [0.3, 0.4) is 0 Å². The predicted molar refractivity (Wildman–Crippen MR) is 115 cm³/mol. The van der Waals surface area contributed by atoms with Crippen LogP contribution < -0.4 is 4.74 Å². The monoisotopic (exact) mass is 445 g/mol. The molecule has 142 valence electrons. The highest BCUT2D eigenvalue weighted by molar-refractivity contribution is 9.10. The highest BCUT2D eigenvalue weighted by Gasteiger charge is 2.13. The van der Waals surface area contributed by atoms with E-state index in [1.165, 1.54) is 5.56 Å². The summed E-state index contributed by atoms with van der Waals surface area (Å²) in [7, 11) is 0. The van der Waals surface area contributed by atoms with Crippen LogP contribution in [0.4, 0.5) is 0 Å². The number of hydrogen-bond donors (Lipinski definition) is 0. The second-order valence-corrected chi connectivity index (χ2v) is 8.55. The molecule has 0 saturated carbocycles. The minimum Gasteiger partial charge on any atom is -0.493 e. The van der Waals surface area contributed by atoms with Gasteiger partial charge in [0.05, 0.1) is 6.61 Å². The first-order valence-corrected chi connectivity index (χ1v) is 10.9. The van der Waals surface area contributed by atoms with E-state index >= 15 is 0 Å². The van der Waals surface area contributed by atoms with Crippen LogP contribution in [0.5, 0.6) is 5.75 Å². The van der Waals surface area contributed by atoms with Crippen LogP contribution in [0.15, 0.2) is 58.2 Å². The molecule has 0 amide bonds. The second kappa shape index (κ2) is 9.42. The Balaban J connectivity index is 1.72. The molecule has 1 heterocycles. The van der Waals surface area contributed by atoms with Crippen LogP contribution >= 0.6 is 27.7 Å². The van der Waals surface area contributed by atoms with Gasteiger partial charge in [-0.15, -0.1) is 10.2 Å². The normalized spacial score (nSPS) is 11.1. The van der Waals surface area contributed by atoms with E-state index in [2.05, 4.69) is 87.9 Å². The maximum absolute atomic E-state index is 5.77. The molecule has 0 N–H and O–H groups in total. The molecule has 0 radical (unpaired) electrons. The van der Waals surface area contributed by atoms with Gasteiger partial charge in [0.2, 0.25) is 0 Å². The van der Waals surface area contributed by atoms with Gasteiger partial charge in [0.15, 0.2) is 11.0 Å². The molecule has 0 aliphatic carbocycles. The van der Waals surface area contributed by atoms with E-state index < -0.39 is 0 Å². The van der Waals surface area contributed by atoms with E-state index in [9.17, 15) is 0 Å². The molecule has 3 aromatic rings. The fraction of sp³-hybridized carbons (Fsp3) is 0.333. The Labute approximate surface area is 173 Å². The molecule has 0 saturated heterocycles. The van der Waals surface area contributed by atoms with Crippen LogP contribution in [0.1, 0.15) is 26.3 Å². The van der Waals surface area contributed by atoms with Crippen molar-refractivity contribution in [1.82, 2.24) is 14.8 Å². The molecule has 6 heteroatoms. The Morgan fingerprint density at radius 3 is 2.37 bits per heavy atom. The van der Waals surface area contributed by atoms with Crippen molar-refractivity contribution in [3.63, 3.8) is 0 Å². The summed E-state index contributed by atoms with van der Waals surface area (Å²) in [5, 5.41) is 9.78. The van der Waals surface area contributed by atoms with E-state index in [0.717, 1.165) is 45.7 Å². The summed E-state index contributed by atoms with van der Waals surface area (Å²) in [6, 6.07) is 16.5. The third kappa shape index (κ3) is 5.36. The Morgan fingerprint density at radius 1 is 1.04 bits per heavy atom. The standard InChI is InChI=1S/C21H24BrN3OS/c1-4-25-20(17-7-11-19(12-8-17)26-13-15(2)3)23-24-21(25)27-14-16-5-9-18(22)10-6-16/h5-12,15H,4,13-14H2,1-3H3. The number of thioether (sulfide) groups is 1. The van der Waals surface area contributed by atoms with Crippen LogP contribution in [0.25, 0.3) is 11.4 Å². The number of halogens is 1. The molecule has 27 heavy (non-hydrogen) atoms. The summed E-state index contributed by atoms with van der Waals surface area (Å²) < 4.78 is 9.02. The van der Waals surface area contributed by atoms with Gasteiger partial charge in [0, 0.05) is 22.3 Å². The minimum atomic E-state index is 0.512. The fourth-order valence-corrected chi connectivity index (χ4v) is 3.81. The Hall–Kier alpha value is -1.79. The molecule has 2 aromatic carbocycles. The van der Waals surface area contributed by atoms with E-state index in [0.29, 0.717) is 5.92 Å². The highest BCUT2D eigenvalue weighted by atomic mass is 79.9. The zero-order valence-electron chi connectivity index (χ0n) is 15.9. The topological polar surface area (TPSA) is 39.9 Å². The maximum atomic E-state index is 5.77. The van der Waals surface area contributed by atoms with Gasteiger partial charge in [-0.3, -0.25) is 0 Å². The maximum Gasteiger partial charge on any atom is 0.191 e. The molecule has 1 aromatic heterocycles. The van der Waals surface area contributed by atoms with E-state index in [1.807, 2.05) is 12.1 Å². The molecular formula is C21H24BrN3OS. The van der Waals surface area contributed by atoms with Gasteiger partial charge in [0.25, 0.3) is 0 Å². The second-order valence-electron chi connectivity index (χ2n) is 6.69. The lowest BCUT2D eigenvalue weighted by molar-refractivity contribution is 0.271. The summed E-state index contributed by atoms with van der Waals surface area (Å²) in [5.74, 6) is 3.16. The average molecular weight is 446 g/mol. The Morgan fingerprint density at radius 2 is 1.74 bits per heavy atom. The first-order valence-electron chi connectivity index (χ1n) is 9.10. The summed E-state index contributed by atoms with van der Waals surface area (Å²) in [6.07, 6.45) is 0. The van der Waals surface area contributed by atoms with Gasteiger partial charge in [-0.25, -0.2) is 0 Å². The smallest absolute Gasteiger partial charge is 0.191 e. The van der Waals surface area contributed by atoms with Crippen molar-refractivity contribution in [2.24, 2.45) is 5.92 Å². The largest absolute Gasteiger partial charge is 0.493 e. The van der Waals surface area contributed by atoms with Crippen molar-refractivity contribution in [2.45, 2.75) is 38.2 Å². The first kappa shape index (κ1) is 20.0. The minimum absolute atomic E-state index is 0.512. The van der Waals surface area contributed by atoms with Crippen molar-refractivity contribution >= 4 is 27.7 Å². The van der Waals surface area contributed by atoms with Crippen molar-refractivity contribution in [3.8, 4) is 17.1 Å². The number of ether oxygens (including phenoxy) is 1. The first-order chi connectivity index (χ1) is 13.1. The summed E-state index contributed by atoms with van der Waals surface area (Å²) >= 11 is 5.18. The number of nitrogens with zero attached hydrogens (tertiary/aromatic N) is 3. The molecule has 0 bridgehead atoms. The van der Waals surface area contributed by atoms with E-state index in [4.69, 9.17) is 4.74 Å². The van der Waals surface area contributed by atoms with Crippen molar-refractivity contribution < 1.29 is 4.74 Å². The number of benzene rings is 2. The van der Waals surface area contributed by atoms with Crippen molar-refractivity contribution in [1.29, 1.82) is 0 Å². The molecule has 0 unspecified atom stereocenters. The lowest BCUT2D eigenvalue weighted by Gasteiger charge is -2.10. The fourth-order valence-electron chi connectivity index (χ4n) is 2.59. The third-order valence-electron chi connectivity index (χ3n) is 4.01. The van der Waals surface area contributed by atoms with Crippen LogP contribution in [-0.4, -0.2) is 21.4 Å². The molecule has 0 atom stereocenters. The quantitative estimate of drug-likeness (QED) is 0.395. The van der Waals surface area contributed by atoms with E-state index in [-0.39, 0.29) is 0 Å². The van der Waals surface area contributed by atoms with Gasteiger partial charge < -0.3 is 9.30 Å². The Kier molecular flexibility index (Phi) is 6.96. The predicted octanol–water partition coefficient (Wildman–Crippen LogP) is 6.05. The lowest BCUT2D eigenvalue weighted by atomic mass is 10.2. The van der Waals surface area contributed by atoms with Crippen molar-refractivity contribution in [3.05, 3.63) is 58.6 Å². The van der Waals surface area contributed by atoms with Crippen LogP contribution in [0.2, 0.25) is 0 Å². The summed E-state index contributed by atoms with van der Waals surface area (Å²) in [6.45, 7) is 7.96. The SMILES string of the molecule is CCn1c(SCc2ccc(Br)cc2)nnc1-c1ccc(OCC(C)C)cc1. The van der Waals surface area contributed by atoms with Crippen molar-refractivity contribution in [2.75, 3.05) is 6.61 Å². The average Bonchev–Trinajstić information content (AvgIpc) is 3.09. The number of aromatic nitrogens is 3. The third-order valence-corrected chi connectivity index (χ3v) is 5.58. The summed E-state index contributed by atoms with van der Waals surface area (Å²) in [4.78, 5) is 0. The molecule has 0 spiro atoms. The highest BCUT2D eigenvalue weighted by Crippen LogP contribution is 2.28. The molecule has 0 aliphatic rings. The lowest BCUT2D eigenvalue weighted by Crippen LogP contribution is -2.04. The van der Waals surface area contributed by atoms with Gasteiger partial charge in [-0.2, -0.15) is 0 Å². The Bertz CT molecular complexity index is 860. The van der Waals surface area contributed by atoms with E-state index in [1.54, 1.807) is 11.8 Å². The van der Waals surface area contributed by atoms with Gasteiger partial charge in [-0.05, 0) is 54.8 Å². The molecule has 0 aliphatic heterocycles. The van der Waals surface area contributed by atoms with Gasteiger partial charge >= 0.3 is 0 Å². The van der Waals surface area contributed by atoms with Gasteiger partial charge in [0.1, 0.15) is 5.75 Å². The number of hydrogen-bond acceptors (Lipinski definition) is 4. The van der Waals surface area contributed by atoms with Crippen LogP contribution in [0, 0.1) is 5.92 Å². The molecular weight excluding hydrogens is 422 g/mol. The zero-order chi connectivity index (χ0) is 19.2. The molecule has 0 fully saturated rings. The molecule has 3 rings (SSSR count). The molecule has 4 nitrogen and oxygen atoms in total. The summed E-state index contributed by atoms with van der Waals surface area (Å²) in [5.41, 5.74) is 2.32. The van der Waals surface area contributed by atoms with Crippen LogP contribution in [-0.2, 0) is 12.3 Å². The number of rotatable bonds is 8.